The molecule has 3 heterocycles. The number of aromatic amines is 1. The smallest absolute Gasteiger partial charge is 0.142 e. The van der Waals surface area contributed by atoms with Crippen LogP contribution in [-0.4, -0.2) is 27.5 Å². The van der Waals surface area contributed by atoms with Crippen molar-refractivity contribution < 1.29 is 0 Å². The Morgan fingerprint density at radius 2 is 2.11 bits per heavy atom. The molecule has 2 aromatic heterocycles. The molecule has 94 valence electrons. The molecule has 0 amide bonds. The Morgan fingerprint density at radius 3 is 3.11 bits per heavy atom. The lowest BCUT2D eigenvalue weighted by molar-refractivity contribution is 0.341. The maximum atomic E-state index is 4.55. The average molecular weight is 242 g/mol. The molecule has 4 heteroatoms. The third-order valence-electron chi connectivity index (χ3n) is 4.62. The molecule has 2 fully saturated rings. The van der Waals surface area contributed by atoms with Crippen LogP contribution in [0.15, 0.2) is 18.6 Å². The van der Waals surface area contributed by atoms with E-state index in [1.807, 2.05) is 6.20 Å². The van der Waals surface area contributed by atoms with Crippen molar-refractivity contribution in [3.05, 3.63) is 18.6 Å². The van der Waals surface area contributed by atoms with Crippen LogP contribution in [0.5, 0.6) is 0 Å². The molecule has 2 aliphatic rings. The summed E-state index contributed by atoms with van der Waals surface area (Å²) in [7, 11) is 0. The summed E-state index contributed by atoms with van der Waals surface area (Å²) in [5.41, 5.74) is 0.958. The fourth-order valence-electron chi connectivity index (χ4n) is 3.76. The Bertz CT molecular complexity index is 562. The number of rotatable bonds is 1. The van der Waals surface area contributed by atoms with Gasteiger partial charge in [0.2, 0.25) is 0 Å². The molecule has 0 aromatic carbocycles. The van der Waals surface area contributed by atoms with Crippen LogP contribution in [0.2, 0.25) is 0 Å². The predicted molar refractivity (Wildman–Crippen MR) is 71.6 cm³/mol. The molecule has 0 spiro atoms. The van der Waals surface area contributed by atoms with Crippen LogP contribution in [-0.2, 0) is 0 Å². The van der Waals surface area contributed by atoms with E-state index in [0.29, 0.717) is 6.04 Å². The monoisotopic (exact) mass is 242 g/mol. The normalized spacial score (nSPS) is 27.7. The SMILES string of the molecule is c1nc(N2CC[C@H]3CCCC[C@H]32)c2cc[nH]c2n1. The molecule has 1 N–H and O–H groups in total. The predicted octanol–water partition coefficient (Wildman–Crippen LogP) is 2.73. The number of hydrogen-bond donors (Lipinski definition) is 1. The minimum Gasteiger partial charge on any atom is -0.353 e. The van der Waals surface area contributed by atoms with Crippen molar-refractivity contribution in [2.75, 3.05) is 11.4 Å². The minimum absolute atomic E-state index is 0.715. The van der Waals surface area contributed by atoms with E-state index in [9.17, 15) is 0 Å². The van der Waals surface area contributed by atoms with Crippen LogP contribution < -0.4 is 4.90 Å². The lowest BCUT2D eigenvalue weighted by Gasteiger charge is -2.32. The lowest BCUT2D eigenvalue weighted by atomic mass is 9.85. The van der Waals surface area contributed by atoms with Gasteiger partial charge in [-0.2, -0.15) is 0 Å². The van der Waals surface area contributed by atoms with Gasteiger partial charge in [0.25, 0.3) is 0 Å². The van der Waals surface area contributed by atoms with Gasteiger partial charge in [-0.25, -0.2) is 9.97 Å². The highest BCUT2D eigenvalue weighted by Gasteiger charge is 2.36. The fraction of sp³-hybridized carbons (Fsp3) is 0.571. The molecular formula is C14H18N4. The van der Waals surface area contributed by atoms with Crippen molar-refractivity contribution >= 4 is 16.9 Å². The fourth-order valence-corrected chi connectivity index (χ4v) is 3.76. The van der Waals surface area contributed by atoms with Crippen LogP contribution >= 0.6 is 0 Å². The first-order valence-corrected chi connectivity index (χ1v) is 6.98. The number of fused-ring (bicyclic) bond motifs is 2. The summed E-state index contributed by atoms with van der Waals surface area (Å²) in [6.45, 7) is 1.16. The van der Waals surface area contributed by atoms with Crippen molar-refractivity contribution in [2.24, 2.45) is 5.92 Å². The Balaban J connectivity index is 1.76. The van der Waals surface area contributed by atoms with Crippen LogP contribution in [0.3, 0.4) is 0 Å². The van der Waals surface area contributed by atoms with E-state index in [2.05, 4.69) is 25.9 Å². The summed E-state index contributed by atoms with van der Waals surface area (Å²) >= 11 is 0. The summed E-state index contributed by atoms with van der Waals surface area (Å²) in [6, 6.07) is 2.81. The summed E-state index contributed by atoms with van der Waals surface area (Å²) < 4.78 is 0. The molecule has 18 heavy (non-hydrogen) atoms. The molecule has 1 aliphatic carbocycles. The molecule has 0 radical (unpaired) electrons. The van der Waals surface area contributed by atoms with Crippen molar-refractivity contribution in [1.29, 1.82) is 0 Å². The van der Waals surface area contributed by atoms with Gasteiger partial charge in [-0.05, 0) is 31.2 Å². The van der Waals surface area contributed by atoms with Crippen LogP contribution in [0, 0.1) is 5.92 Å². The molecular weight excluding hydrogens is 224 g/mol. The largest absolute Gasteiger partial charge is 0.353 e. The Kier molecular flexibility index (Phi) is 2.28. The number of nitrogens with one attached hydrogen (secondary N) is 1. The zero-order valence-corrected chi connectivity index (χ0v) is 10.5. The van der Waals surface area contributed by atoms with Gasteiger partial charge in [-0.3, -0.25) is 0 Å². The second-order valence-electron chi connectivity index (χ2n) is 5.53. The van der Waals surface area contributed by atoms with E-state index < -0.39 is 0 Å². The first-order valence-electron chi connectivity index (χ1n) is 6.98. The number of aromatic nitrogens is 3. The highest BCUT2D eigenvalue weighted by Crippen LogP contribution is 2.39. The Morgan fingerprint density at radius 1 is 1.17 bits per heavy atom. The van der Waals surface area contributed by atoms with Gasteiger partial charge in [0, 0.05) is 18.8 Å². The highest BCUT2D eigenvalue weighted by molar-refractivity contribution is 5.87. The van der Waals surface area contributed by atoms with Crippen molar-refractivity contribution in [1.82, 2.24) is 15.0 Å². The molecule has 1 aliphatic heterocycles. The van der Waals surface area contributed by atoms with E-state index in [0.717, 1.165) is 23.9 Å². The molecule has 0 unspecified atom stereocenters. The summed E-state index contributed by atoms with van der Waals surface area (Å²) in [6.07, 6.45) is 10.5. The molecule has 0 bridgehead atoms. The van der Waals surface area contributed by atoms with E-state index in [-0.39, 0.29) is 0 Å². The lowest BCUT2D eigenvalue weighted by Crippen LogP contribution is -2.35. The van der Waals surface area contributed by atoms with E-state index in [4.69, 9.17) is 0 Å². The van der Waals surface area contributed by atoms with Gasteiger partial charge in [-0.15, -0.1) is 0 Å². The number of anilines is 1. The van der Waals surface area contributed by atoms with Gasteiger partial charge in [0.15, 0.2) is 0 Å². The molecule has 2 aromatic rings. The van der Waals surface area contributed by atoms with Crippen molar-refractivity contribution in [3.63, 3.8) is 0 Å². The average Bonchev–Trinajstić information content (AvgIpc) is 3.05. The molecule has 1 saturated carbocycles. The van der Waals surface area contributed by atoms with Gasteiger partial charge in [0.1, 0.15) is 17.8 Å². The van der Waals surface area contributed by atoms with Gasteiger partial charge in [-0.1, -0.05) is 12.8 Å². The van der Waals surface area contributed by atoms with Crippen LogP contribution in [0.25, 0.3) is 11.0 Å². The minimum atomic E-state index is 0.715. The van der Waals surface area contributed by atoms with E-state index in [1.165, 1.54) is 37.5 Å². The Hall–Kier alpha value is -1.58. The van der Waals surface area contributed by atoms with Crippen molar-refractivity contribution in [2.45, 2.75) is 38.1 Å². The highest BCUT2D eigenvalue weighted by atomic mass is 15.2. The molecule has 4 nitrogen and oxygen atoms in total. The zero-order chi connectivity index (χ0) is 11.9. The van der Waals surface area contributed by atoms with Crippen molar-refractivity contribution in [3.8, 4) is 0 Å². The van der Waals surface area contributed by atoms with Gasteiger partial charge < -0.3 is 9.88 Å². The standard InChI is InChI=1S/C14H18N4/c1-2-4-12-10(3-1)6-8-18(12)14-11-5-7-15-13(11)16-9-17-14/h5,7,9-10,12H,1-4,6,8H2,(H,15,16,17)/t10-,12-/m1/s1. The molecule has 4 rings (SSSR count). The first kappa shape index (κ1) is 10.4. The second-order valence-corrected chi connectivity index (χ2v) is 5.53. The third kappa shape index (κ3) is 1.44. The summed E-state index contributed by atoms with van der Waals surface area (Å²) in [5.74, 6) is 2.03. The molecule has 2 atom stereocenters. The Labute approximate surface area is 106 Å². The van der Waals surface area contributed by atoms with E-state index >= 15 is 0 Å². The quantitative estimate of drug-likeness (QED) is 0.836. The van der Waals surface area contributed by atoms with E-state index in [1.54, 1.807) is 6.33 Å². The number of H-pyrrole nitrogens is 1. The van der Waals surface area contributed by atoms with Crippen LogP contribution in [0.4, 0.5) is 5.82 Å². The summed E-state index contributed by atoms with van der Waals surface area (Å²) in [5, 5.41) is 1.17. The van der Waals surface area contributed by atoms with Gasteiger partial charge in [0.05, 0.1) is 5.39 Å². The topological polar surface area (TPSA) is 44.8 Å². The third-order valence-corrected chi connectivity index (χ3v) is 4.62. The van der Waals surface area contributed by atoms with Gasteiger partial charge >= 0.3 is 0 Å². The zero-order valence-electron chi connectivity index (χ0n) is 10.5. The molecule has 1 saturated heterocycles. The van der Waals surface area contributed by atoms with Crippen LogP contribution in [0.1, 0.15) is 32.1 Å². The maximum absolute atomic E-state index is 4.55. The number of hydrogen-bond acceptors (Lipinski definition) is 3. The second kappa shape index (κ2) is 3.97. The number of nitrogens with zero attached hydrogens (tertiary/aromatic N) is 3. The summed E-state index contributed by atoms with van der Waals surface area (Å²) in [4.78, 5) is 14.5. The maximum Gasteiger partial charge on any atom is 0.142 e. The first-order chi connectivity index (χ1) is 8.93.